The van der Waals surface area contributed by atoms with Crippen LogP contribution in [-0.2, 0) is 0 Å². The Morgan fingerprint density at radius 2 is 1.81 bits per heavy atom. The third-order valence-electron chi connectivity index (χ3n) is 7.17. The van der Waals surface area contributed by atoms with Crippen LogP contribution in [0.4, 0.5) is 10.1 Å². The maximum atomic E-state index is 14.2. The van der Waals surface area contributed by atoms with Crippen LogP contribution in [0.2, 0.25) is 0 Å². The molecule has 0 amide bonds. The predicted octanol–water partition coefficient (Wildman–Crippen LogP) is 8.15. The van der Waals surface area contributed by atoms with E-state index in [1.165, 1.54) is 43.7 Å². The maximum absolute atomic E-state index is 14.2. The fourth-order valence-corrected chi connectivity index (χ4v) is 5.04. The lowest BCUT2D eigenvalue weighted by atomic mass is 9.84. The van der Waals surface area contributed by atoms with Crippen molar-refractivity contribution in [2.75, 3.05) is 24.6 Å². The van der Waals surface area contributed by atoms with Gasteiger partial charge < -0.3 is 9.64 Å². The fourth-order valence-electron chi connectivity index (χ4n) is 5.04. The van der Waals surface area contributed by atoms with E-state index in [0.717, 1.165) is 35.7 Å². The van der Waals surface area contributed by atoms with E-state index in [1.54, 1.807) is 24.3 Å². The van der Waals surface area contributed by atoms with Gasteiger partial charge in [0.15, 0.2) is 0 Å². The number of hydrogen-bond donors (Lipinski definition) is 0. The number of benzene rings is 3. The number of nitrogens with zero attached hydrogens (tertiary/aromatic N) is 2. The quantitative estimate of drug-likeness (QED) is 0.228. The molecule has 36 heavy (non-hydrogen) atoms. The second-order valence-electron chi connectivity index (χ2n) is 9.52. The Hall–Kier alpha value is -3.58. The van der Waals surface area contributed by atoms with Crippen molar-refractivity contribution in [2.45, 2.75) is 51.9 Å². The molecular weight excluding hydrogens is 447 g/mol. The number of ether oxygens (including phenoxy) is 1. The molecule has 0 bridgehead atoms. The highest BCUT2D eigenvalue weighted by molar-refractivity contribution is 5.90. The lowest BCUT2D eigenvalue weighted by molar-refractivity contribution is 0.324. The van der Waals surface area contributed by atoms with Crippen LogP contribution in [0.3, 0.4) is 0 Å². The molecule has 0 N–H and O–H groups in total. The first-order valence-corrected chi connectivity index (χ1v) is 13.0. The Morgan fingerprint density at radius 3 is 2.47 bits per heavy atom. The summed E-state index contributed by atoms with van der Waals surface area (Å²) in [5, 5.41) is 9.60. The molecule has 0 spiro atoms. The summed E-state index contributed by atoms with van der Waals surface area (Å²) in [7, 11) is 0. The number of rotatable bonds is 9. The minimum Gasteiger partial charge on any atom is -0.492 e. The molecule has 0 aliphatic heterocycles. The van der Waals surface area contributed by atoms with Crippen molar-refractivity contribution in [3.05, 3.63) is 94.8 Å². The van der Waals surface area contributed by atoms with Crippen LogP contribution in [0, 0.1) is 24.1 Å². The molecule has 1 fully saturated rings. The molecule has 0 saturated heterocycles. The molecule has 0 heterocycles. The van der Waals surface area contributed by atoms with Gasteiger partial charge in [-0.3, -0.25) is 0 Å². The van der Waals surface area contributed by atoms with Crippen LogP contribution in [0.15, 0.2) is 66.7 Å². The molecular formula is C32H35FN2O. The molecule has 1 saturated carbocycles. The number of anilines is 1. The molecule has 3 nitrogen and oxygen atoms in total. The number of likely N-dealkylation sites (N-methyl/N-ethyl adjacent to an activating group) is 1. The lowest BCUT2D eigenvalue weighted by Crippen LogP contribution is -2.28. The SMILES string of the molecule is CCN(CCOc1ccc(C2CCCCC2)cc1)c1ccc(/C=C(\C#N)c2ccccc2F)c(C)c1. The van der Waals surface area contributed by atoms with Crippen LogP contribution in [0.1, 0.15) is 67.2 Å². The van der Waals surface area contributed by atoms with Gasteiger partial charge in [0.25, 0.3) is 0 Å². The van der Waals surface area contributed by atoms with Gasteiger partial charge in [-0.1, -0.05) is 55.7 Å². The molecule has 0 unspecified atom stereocenters. The van der Waals surface area contributed by atoms with Gasteiger partial charge in [0.2, 0.25) is 0 Å². The first-order chi connectivity index (χ1) is 17.6. The van der Waals surface area contributed by atoms with Crippen LogP contribution in [-0.4, -0.2) is 19.7 Å². The summed E-state index contributed by atoms with van der Waals surface area (Å²) in [6, 6.07) is 23.4. The van der Waals surface area contributed by atoms with Crippen molar-refractivity contribution >= 4 is 17.3 Å². The molecule has 186 valence electrons. The van der Waals surface area contributed by atoms with Gasteiger partial charge in [-0.25, -0.2) is 4.39 Å². The Kier molecular flexibility index (Phi) is 8.79. The van der Waals surface area contributed by atoms with Gasteiger partial charge in [0.1, 0.15) is 18.2 Å². The number of halogens is 1. The second kappa shape index (κ2) is 12.4. The summed E-state index contributed by atoms with van der Waals surface area (Å²) in [5.74, 6) is 1.24. The van der Waals surface area contributed by atoms with E-state index in [1.807, 2.05) is 13.0 Å². The van der Waals surface area contributed by atoms with E-state index in [9.17, 15) is 9.65 Å². The van der Waals surface area contributed by atoms with E-state index < -0.39 is 0 Å². The van der Waals surface area contributed by atoms with Gasteiger partial charge in [0.05, 0.1) is 18.2 Å². The van der Waals surface area contributed by atoms with E-state index in [2.05, 4.69) is 54.3 Å². The fraction of sp³-hybridized carbons (Fsp3) is 0.344. The first-order valence-electron chi connectivity index (χ1n) is 13.0. The number of allylic oxidation sites excluding steroid dienone is 1. The maximum Gasteiger partial charge on any atom is 0.131 e. The van der Waals surface area contributed by atoms with Crippen molar-refractivity contribution in [3.8, 4) is 11.8 Å². The van der Waals surface area contributed by atoms with Crippen molar-refractivity contribution in [3.63, 3.8) is 0 Å². The van der Waals surface area contributed by atoms with Crippen molar-refractivity contribution < 1.29 is 9.13 Å². The number of hydrogen-bond acceptors (Lipinski definition) is 3. The Labute approximate surface area is 214 Å². The summed E-state index contributed by atoms with van der Waals surface area (Å²) in [4.78, 5) is 2.28. The van der Waals surface area contributed by atoms with Gasteiger partial charge >= 0.3 is 0 Å². The van der Waals surface area contributed by atoms with Crippen molar-refractivity contribution in [1.29, 1.82) is 5.26 Å². The van der Waals surface area contributed by atoms with Gasteiger partial charge in [-0.05, 0) is 85.7 Å². The Morgan fingerprint density at radius 1 is 1.06 bits per heavy atom. The minimum absolute atomic E-state index is 0.319. The lowest BCUT2D eigenvalue weighted by Gasteiger charge is -2.24. The molecule has 1 aliphatic rings. The highest BCUT2D eigenvalue weighted by atomic mass is 19.1. The van der Waals surface area contributed by atoms with Crippen LogP contribution < -0.4 is 9.64 Å². The molecule has 3 aromatic rings. The summed E-state index contributed by atoms with van der Waals surface area (Å²) in [6.45, 7) is 6.38. The third kappa shape index (κ3) is 6.34. The summed E-state index contributed by atoms with van der Waals surface area (Å²) in [6.07, 6.45) is 8.43. The summed E-state index contributed by atoms with van der Waals surface area (Å²) >= 11 is 0. The smallest absolute Gasteiger partial charge is 0.131 e. The van der Waals surface area contributed by atoms with E-state index in [4.69, 9.17) is 4.74 Å². The normalized spacial score (nSPS) is 14.3. The Bertz CT molecular complexity index is 1220. The van der Waals surface area contributed by atoms with Crippen LogP contribution in [0.5, 0.6) is 5.75 Å². The van der Waals surface area contributed by atoms with E-state index >= 15 is 0 Å². The standard InChI is InChI=1S/C32H35FN2O/c1-3-35(19-20-36-30-17-14-26(15-18-30)25-9-5-4-6-10-25)29-16-13-27(24(2)21-29)22-28(23-34)31-11-7-8-12-32(31)33/h7-8,11-18,21-22,25H,3-6,9-10,19-20H2,1-2H3/b28-22+. The van der Waals surface area contributed by atoms with Crippen LogP contribution in [0.25, 0.3) is 11.6 Å². The summed E-state index contributed by atoms with van der Waals surface area (Å²) in [5.41, 5.74) is 5.13. The zero-order valence-electron chi connectivity index (χ0n) is 21.3. The number of nitriles is 1. The van der Waals surface area contributed by atoms with Gasteiger partial charge in [0, 0.05) is 17.8 Å². The average Bonchev–Trinajstić information content (AvgIpc) is 2.92. The monoisotopic (exact) mass is 482 g/mol. The second-order valence-corrected chi connectivity index (χ2v) is 9.52. The van der Waals surface area contributed by atoms with Crippen molar-refractivity contribution in [2.24, 2.45) is 0 Å². The topological polar surface area (TPSA) is 36.3 Å². The first kappa shape index (κ1) is 25.5. The highest BCUT2D eigenvalue weighted by Crippen LogP contribution is 2.33. The zero-order chi connectivity index (χ0) is 25.3. The molecule has 4 rings (SSSR count). The van der Waals surface area contributed by atoms with E-state index in [0.29, 0.717) is 23.7 Å². The molecule has 3 aromatic carbocycles. The predicted molar refractivity (Wildman–Crippen MR) is 147 cm³/mol. The van der Waals surface area contributed by atoms with Crippen LogP contribution >= 0.6 is 0 Å². The highest BCUT2D eigenvalue weighted by Gasteiger charge is 2.15. The average molecular weight is 483 g/mol. The molecule has 0 radical (unpaired) electrons. The largest absolute Gasteiger partial charge is 0.492 e. The Balaban J connectivity index is 1.38. The molecule has 4 heteroatoms. The van der Waals surface area contributed by atoms with Crippen molar-refractivity contribution in [1.82, 2.24) is 0 Å². The van der Waals surface area contributed by atoms with Gasteiger partial charge in [-0.2, -0.15) is 5.26 Å². The number of aryl methyl sites for hydroxylation is 1. The third-order valence-corrected chi connectivity index (χ3v) is 7.17. The molecule has 0 atom stereocenters. The van der Waals surface area contributed by atoms with E-state index in [-0.39, 0.29) is 5.82 Å². The molecule has 0 aromatic heterocycles. The zero-order valence-corrected chi connectivity index (χ0v) is 21.3. The minimum atomic E-state index is -0.389. The molecule has 1 aliphatic carbocycles. The summed E-state index contributed by atoms with van der Waals surface area (Å²) < 4.78 is 20.2. The van der Waals surface area contributed by atoms with Gasteiger partial charge in [-0.15, -0.1) is 0 Å².